The first kappa shape index (κ1) is 17.9. The van der Waals surface area contributed by atoms with Gasteiger partial charge in [0.1, 0.15) is 0 Å². The highest BCUT2D eigenvalue weighted by Gasteiger charge is 2.30. The molecule has 0 radical (unpaired) electrons. The van der Waals surface area contributed by atoms with Crippen molar-refractivity contribution >= 4 is 43.1 Å². The van der Waals surface area contributed by atoms with Crippen molar-refractivity contribution in [2.45, 2.75) is 9.79 Å². The Labute approximate surface area is 188 Å². The summed E-state index contributed by atoms with van der Waals surface area (Å²) in [6, 6.07) is 38.2. The molecule has 0 bridgehead atoms. The molecule has 1 aliphatic heterocycles. The van der Waals surface area contributed by atoms with Crippen molar-refractivity contribution in [3.63, 3.8) is 0 Å². The lowest BCUT2D eigenvalue weighted by molar-refractivity contribution is 0.685. The van der Waals surface area contributed by atoms with Crippen LogP contribution in [0.15, 0.2) is 119 Å². The van der Waals surface area contributed by atoms with Crippen LogP contribution in [0, 0.1) is 0 Å². The maximum atomic E-state index is 13.7. The second-order valence-corrected chi connectivity index (χ2v) is 9.72. The zero-order valence-corrected chi connectivity index (χ0v) is 18.0. The quantitative estimate of drug-likeness (QED) is 0.243. The molecule has 6 aromatic carbocycles. The van der Waals surface area contributed by atoms with Gasteiger partial charge in [0.15, 0.2) is 0 Å². The van der Waals surface area contributed by atoms with Crippen LogP contribution in [0.25, 0.3) is 54.6 Å². The fourth-order valence-corrected chi connectivity index (χ4v) is 6.67. The minimum absolute atomic E-state index is 0.908. The fraction of sp³-hybridized carbons (Fsp3) is 0. The summed E-state index contributed by atoms with van der Waals surface area (Å²) in [5.41, 5.74) is 4.54. The maximum Gasteiger partial charge on any atom is 0.0868 e. The van der Waals surface area contributed by atoms with Gasteiger partial charge in [-0.25, -0.2) is 4.21 Å². The van der Waals surface area contributed by atoms with Crippen molar-refractivity contribution in [1.29, 1.82) is 0 Å². The normalized spacial score (nSPS) is 14.7. The van der Waals surface area contributed by atoms with Gasteiger partial charge in [0.2, 0.25) is 0 Å². The molecule has 0 amide bonds. The number of benzene rings is 6. The van der Waals surface area contributed by atoms with Gasteiger partial charge in [-0.15, -0.1) is 0 Å². The number of hydrogen-bond acceptors (Lipinski definition) is 1. The average Bonchev–Trinajstić information content (AvgIpc) is 3.16. The van der Waals surface area contributed by atoms with Crippen molar-refractivity contribution in [3.05, 3.63) is 109 Å². The summed E-state index contributed by atoms with van der Waals surface area (Å²) in [5.74, 6) is 0. The first-order valence-corrected chi connectivity index (χ1v) is 11.9. The van der Waals surface area contributed by atoms with Gasteiger partial charge in [0.05, 0.1) is 20.6 Å². The third kappa shape index (κ3) is 2.41. The molecule has 0 saturated carbocycles. The van der Waals surface area contributed by atoms with Gasteiger partial charge in [0, 0.05) is 11.1 Å². The highest BCUT2D eigenvalue weighted by Crippen LogP contribution is 2.49. The standard InChI is InChI=1S/C30H18OS/c31-32-28-16-15-22(21-14-13-19-7-1-2-8-20(19)17-21)18-27(28)29-25-11-5-3-9-23(25)24-10-4-6-12-26(24)30(29)32/h1-18H. The van der Waals surface area contributed by atoms with Crippen LogP contribution in [-0.2, 0) is 10.8 Å². The molecule has 1 heterocycles. The van der Waals surface area contributed by atoms with Gasteiger partial charge < -0.3 is 0 Å². The molecule has 0 aliphatic carbocycles. The van der Waals surface area contributed by atoms with Crippen molar-refractivity contribution < 1.29 is 4.21 Å². The molecule has 0 N–H and O–H groups in total. The van der Waals surface area contributed by atoms with E-state index in [0.29, 0.717) is 0 Å². The number of hydrogen-bond donors (Lipinski definition) is 0. The Morgan fingerprint density at radius 1 is 0.500 bits per heavy atom. The first-order valence-electron chi connectivity index (χ1n) is 10.8. The van der Waals surface area contributed by atoms with Crippen LogP contribution < -0.4 is 0 Å². The van der Waals surface area contributed by atoms with Crippen LogP contribution in [0.1, 0.15) is 0 Å². The van der Waals surface area contributed by atoms with Crippen molar-refractivity contribution in [2.24, 2.45) is 0 Å². The largest absolute Gasteiger partial charge is 0.249 e. The molecule has 1 nitrogen and oxygen atoms in total. The van der Waals surface area contributed by atoms with Crippen molar-refractivity contribution in [3.8, 4) is 22.3 Å². The zero-order valence-electron chi connectivity index (χ0n) is 17.2. The molecule has 2 heteroatoms. The summed E-state index contributed by atoms with van der Waals surface area (Å²) in [7, 11) is -1.19. The van der Waals surface area contributed by atoms with Crippen molar-refractivity contribution in [1.82, 2.24) is 0 Å². The van der Waals surface area contributed by atoms with E-state index in [0.717, 1.165) is 37.3 Å². The number of fused-ring (bicyclic) bond motifs is 9. The topological polar surface area (TPSA) is 17.1 Å². The molecule has 6 aromatic rings. The fourth-order valence-electron chi connectivity index (χ4n) is 5.11. The Balaban J connectivity index is 1.54. The Bertz CT molecular complexity index is 1750. The predicted octanol–water partition coefficient (Wildman–Crippen LogP) is 7.96. The molecule has 0 aromatic heterocycles. The SMILES string of the molecule is O=S1c2ccc(-c3ccc4ccccc4c3)cc2-c2c1c1ccccc1c1ccccc21. The van der Waals surface area contributed by atoms with Gasteiger partial charge in [0.25, 0.3) is 0 Å². The van der Waals surface area contributed by atoms with Gasteiger partial charge in [-0.3, -0.25) is 0 Å². The Hall–Kier alpha value is -3.75. The molecular weight excluding hydrogens is 408 g/mol. The van der Waals surface area contributed by atoms with Crippen LogP contribution >= 0.6 is 0 Å². The Morgan fingerprint density at radius 2 is 1.09 bits per heavy atom. The lowest BCUT2D eigenvalue weighted by Crippen LogP contribution is -1.89. The molecular formula is C30H18OS. The molecule has 1 atom stereocenters. The molecule has 0 saturated heterocycles. The van der Waals surface area contributed by atoms with Crippen LogP contribution in [-0.4, -0.2) is 4.21 Å². The minimum Gasteiger partial charge on any atom is -0.249 e. The van der Waals surface area contributed by atoms with E-state index >= 15 is 0 Å². The smallest absolute Gasteiger partial charge is 0.0868 e. The maximum absolute atomic E-state index is 13.7. The highest BCUT2D eigenvalue weighted by molar-refractivity contribution is 7.86. The van der Waals surface area contributed by atoms with Crippen LogP contribution in [0.5, 0.6) is 0 Å². The lowest BCUT2D eigenvalue weighted by Gasteiger charge is -2.11. The molecule has 1 aliphatic rings. The van der Waals surface area contributed by atoms with Gasteiger partial charge in [-0.1, -0.05) is 91.0 Å². The summed E-state index contributed by atoms with van der Waals surface area (Å²) in [5, 5.41) is 7.10. The van der Waals surface area contributed by atoms with Crippen LogP contribution in [0.2, 0.25) is 0 Å². The molecule has 1 unspecified atom stereocenters. The number of rotatable bonds is 1. The predicted molar refractivity (Wildman–Crippen MR) is 135 cm³/mol. The summed E-state index contributed by atoms with van der Waals surface area (Å²) < 4.78 is 13.7. The Morgan fingerprint density at radius 3 is 1.91 bits per heavy atom. The van der Waals surface area contributed by atoms with E-state index in [1.807, 2.05) is 6.07 Å². The molecule has 32 heavy (non-hydrogen) atoms. The van der Waals surface area contributed by atoms with E-state index in [1.165, 1.54) is 27.1 Å². The zero-order chi connectivity index (χ0) is 21.2. The first-order chi connectivity index (χ1) is 15.8. The summed E-state index contributed by atoms with van der Waals surface area (Å²) in [4.78, 5) is 1.86. The summed E-state index contributed by atoms with van der Waals surface area (Å²) >= 11 is 0. The third-order valence-electron chi connectivity index (χ3n) is 6.60. The lowest BCUT2D eigenvalue weighted by atomic mass is 9.91. The van der Waals surface area contributed by atoms with Gasteiger partial charge >= 0.3 is 0 Å². The molecule has 0 spiro atoms. The van der Waals surface area contributed by atoms with E-state index in [-0.39, 0.29) is 0 Å². The molecule has 150 valence electrons. The second kappa shape index (κ2) is 6.62. The van der Waals surface area contributed by atoms with E-state index in [1.54, 1.807) is 0 Å². The van der Waals surface area contributed by atoms with Gasteiger partial charge in [-0.05, 0) is 61.6 Å². The minimum atomic E-state index is -1.19. The van der Waals surface area contributed by atoms with E-state index in [4.69, 9.17) is 0 Å². The van der Waals surface area contributed by atoms with Gasteiger partial charge in [-0.2, -0.15) is 0 Å². The van der Waals surface area contributed by atoms with E-state index < -0.39 is 10.8 Å². The van der Waals surface area contributed by atoms with E-state index in [2.05, 4.69) is 103 Å². The molecule has 0 fully saturated rings. The highest BCUT2D eigenvalue weighted by atomic mass is 32.2. The average molecular weight is 427 g/mol. The van der Waals surface area contributed by atoms with Crippen molar-refractivity contribution in [2.75, 3.05) is 0 Å². The second-order valence-electron chi connectivity index (χ2n) is 8.34. The summed E-state index contributed by atoms with van der Waals surface area (Å²) in [6.45, 7) is 0. The van der Waals surface area contributed by atoms with Crippen LogP contribution in [0.3, 0.4) is 0 Å². The third-order valence-corrected chi connectivity index (χ3v) is 8.15. The van der Waals surface area contributed by atoms with Crippen LogP contribution in [0.4, 0.5) is 0 Å². The molecule has 7 rings (SSSR count). The monoisotopic (exact) mass is 426 g/mol. The Kier molecular flexibility index (Phi) is 3.70. The summed E-state index contributed by atoms with van der Waals surface area (Å²) in [6.07, 6.45) is 0. The van der Waals surface area contributed by atoms with E-state index in [9.17, 15) is 4.21 Å².